The molecule has 0 aliphatic heterocycles. The van der Waals surface area contributed by atoms with Gasteiger partial charge in [0.1, 0.15) is 4.93 Å². The molecule has 1 aliphatic rings. The van der Waals surface area contributed by atoms with Gasteiger partial charge < -0.3 is 5.11 Å². The van der Waals surface area contributed by atoms with Gasteiger partial charge in [-0.05, 0) is 31.6 Å². The molecule has 1 aliphatic carbocycles. The standard InChI is InChI=1S/C8H16OS/c1-2-7-5-3-4-6-8(7,9)10/h7,9-10H,2-6H2,1H3. The van der Waals surface area contributed by atoms with Crippen molar-refractivity contribution in [2.45, 2.75) is 44.0 Å². The van der Waals surface area contributed by atoms with Crippen LogP contribution >= 0.6 is 12.6 Å². The molecule has 1 fully saturated rings. The minimum atomic E-state index is -0.660. The van der Waals surface area contributed by atoms with E-state index in [9.17, 15) is 5.11 Å². The van der Waals surface area contributed by atoms with Crippen molar-refractivity contribution < 1.29 is 5.11 Å². The second-order valence-corrected chi connectivity index (χ2v) is 4.00. The van der Waals surface area contributed by atoms with Gasteiger partial charge in [-0.25, -0.2) is 0 Å². The number of aliphatic hydroxyl groups is 1. The second kappa shape index (κ2) is 3.14. The largest absolute Gasteiger partial charge is 0.379 e. The van der Waals surface area contributed by atoms with Crippen molar-refractivity contribution >= 4 is 12.6 Å². The molecule has 0 amide bonds. The summed E-state index contributed by atoms with van der Waals surface area (Å²) in [7, 11) is 0. The van der Waals surface area contributed by atoms with Gasteiger partial charge in [0, 0.05) is 0 Å². The Morgan fingerprint density at radius 2 is 2.30 bits per heavy atom. The molecule has 10 heavy (non-hydrogen) atoms. The molecule has 60 valence electrons. The number of rotatable bonds is 1. The number of hydrogen-bond acceptors (Lipinski definition) is 2. The first-order chi connectivity index (χ1) is 4.67. The summed E-state index contributed by atoms with van der Waals surface area (Å²) in [6.07, 6.45) is 5.48. The highest BCUT2D eigenvalue weighted by Gasteiger charge is 2.33. The topological polar surface area (TPSA) is 20.2 Å². The molecule has 2 atom stereocenters. The van der Waals surface area contributed by atoms with Gasteiger partial charge in [0.25, 0.3) is 0 Å². The molecule has 0 spiro atoms. The van der Waals surface area contributed by atoms with E-state index in [1.54, 1.807) is 0 Å². The summed E-state index contributed by atoms with van der Waals surface area (Å²) in [5.41, 5.74) is 0. The molecule has 0 aromatic carbocycles. The van der Waals surface area contributed by atoms with E-state index in [0.717, 1.165) is 25.7 Å². The van der Waals surface area contributed by atoms with E-state index in [0.29, 0.717) is 5.92 Å². The minimum absolute atomic E-state index is 0.421. The Bertz CT molecular complexity index is 112. The molecule has 1 N–H and O–H groups in total. The predicted octanol–water partition coefficient (Wildman–Crippen LogP) is 2.21. The third-order valence-corrected chi connectivity index (χ3v) is 3.08. The van der Waals surface area contributed by atoms with Crippen LogP contribution in [0.2, 0.25) is 0 Å². The Morgan fingerprint density at radius 3 is 2.70 bits per heavy atom. The molecule has 1 saturated carbocycles. The van der Waals surface area contributed by atoms with Crippen LogP contribution in [0.15, 0.2) is 0 Å². The first kappa shape index (κ1) is 8.41. The molecule has 0 radical (unpaired) electrons. The van der Waals surface area contributed by atoms with Crippen LogP contribution in [0.25, 0.3) is 0 Å². The predicted molar refractivity (Wildman–Crippen MR) is 46.2 cm³/mol. The zero-order valence-electron chi connectivity index (χ0n) is 6.51. The fourth-order valence-electron chi connectivity index (χ4n) is 1.74. The second-order valence-electron chi connectivity index (χ2n) is 3.23. The minimum Gasteiger partial charge on any atom is -0.379 e. The van der Waals surface area contributed by atoms with Crippen LogP contribution in [0.4, 0.5) is 0 Å². The van der Waals surface area contributed by atoms with Crippen molar-refractivity contribution in [3.8, 4) is 0 Å². The lowest BCUT2D eigenvalue weighted by molar-refractivity contribution is 0.0363. The maximum atomic E-state index is 9.70. The van der Waals surface area contributed by atoms with Crippen molar-refractivity contribution in [2.75, 3.05) is 0 Å². The molecule has 0 aromatic rings. The highest BCUT2D eigenvalue weighted by atomic mass is 32.1. The van der Waals surface area contributed by atoms with Gasteiger partial charge >= 0.3 is 0 Å². The van der Waals surface area contributed by atoms with Crippen LogP contribution in [0.1, 0.15) is 39.0 Å². The van der Waals surface area contributed by atoms with Gasteiger partial charge in [0.15, 0.2) is 0 Å². The first-order valence-electron chi connectivity index (χ1n) is 4.11. The van der Waals surface area contributed by atoms with E-state index >= 15 is 0 Å². The molecule has 2 heteroatoms. The first-order valence-corrected chi connectivity index (χ1v) is 4.56. The van der Waals surface area contributed by atoms with Gasteiger partial charge in [0.2, 0.25) is 0 Å². The molecule has 1 nitrogen and oxygen atoms in total. The Hall–Kier alpha value is 0.310. The van der Waals surface area contributed by atoms with Crippen molar-refractivity contribution in [3.63, 3.8) is 0 Å². The molecule has 0 bridgehead atoms. The van der Waals surface area contributed by atoms with Crippen molar-refractivity contribution in [1.29, 1.82) is 0 Å². The molecule has 0 saturated heterocycles. The molecular formula is C8H16OS. The summed E-state index contributed by atoms with van der Waals surface area (Å²) in [5.74, 6) is 0.421. The van der Waals surface area contributed by atoms with Gasteiger partial charge in [-0.1, -0.05) is 13.3 Å². The summed E-state index contributed by atoms with van der Waals surface area (Å²) in [4.78, 5) is -0.660. The van der Waals surface area contributed by atoms with Gasteiger partial charge in [-0.2, -0.15) is 0 Å². The van der Waals surface area contributed by atoms with E-state index in [1.807, 2.05) is 0 Å². The summed E-state index contributed by atoms with van der Waals surface area (Å²) >= 11 is 4.25. The molecule has 1 rings (SSSR count). The maximum absolute atomic E-state index is 9.70. The Balaban J connectivity index is 2.51. The molecule has 0 heterocycles. The quantitative estimate of drug-likeness (QED) is 0.445. The van der Waals surface area contributed by atoms with Crippen LogP contribution in [-0.2, 0) is 0 Å². The highest BCUT2D eigenvalue weighted by molar-refractivity contribution is 7.81. The van der Waals surface area contributed by atoms with Gasteiger partial charge in [-0.15, -0.1) is 12.6 Å². The maximum Gasteiger partial charge on any atom is 0.110 e. The van der Waals surface area contributed by atoms with Crippen LogP contribution in [-0.4, -0.2) is 10.0 Å². The lowest BCUT2D eigenvalue weighted by atomic mass is 9.84. The van der Waals surface area contributed by atoms with Gasteiger partial charge in [0.05, 0.1) is 0 Å². The Kier molecular flexibility index (Phi) is 2.64. The van der Waals surface area contributed by atoms with Gasteiger partial charge in [-0.3, -0.25) is 0 Å². The Labute approximate surface area is 68.2 Å². The molecule has 0 aromatic heterocycles. The lowest BCUT2D eigenvalue weighted by Gasteiger charge is -2.35. The van der Waals surface area contributed by atoms with E-state index < -0.39 is 4.93 Å². The summed E-state index contributed by atoms with van der Waals surface area (Å²) in [5, 5.41) is 9.70. The smallest absolute Gasteiger partial charge is 0.110 e. The summed E-state index contributed by atoms with van der Waals surface area (Å²) < 4.78 is 0. The average Bonchev–Trinajstić information content (AvgIpc) is 1.87. The van der Waals surface area contributed by atoms with Crippen molar-refractivity contribution in [3.05, 3.63) is 0 Å². The van der Waals surface area contributed by atoms with E-state index in [2.05, 4.69) is 19.6 Å². The van der Waals surface area contributed by atoms with E-state index in [-0.39, 0.29) is 0 Å². The zero-order chi connectivity index (χ0) is 7.61. The molecule has 2 unspecified atom stereocenters. The van der Waals surface area contributed by atoms with E-state index in [1.165, 1.54) is 6.42 Å². The van der Waals surface area contributed by atoms with Crippen LogP contribution in [0.5, 0.6) is 0 Å². The number of hydrogen-bond donors (Lipinski definition) is 2. The van der Waals surface area contributed by atoms with Crippen molar-refractivity contribution in [1.82, 2.24) is 0 Å². The lowest BCUT2D eigenvalue weighted by Crippen LogP contribution is -2.34. The monoisotopic (exact) mass is 160 g/mol. The highest BCUT2D eigenvalue weighted by Crippen LogP contribution is 2.38. The van der Waals surface area contributed by atoms with Crippen LogP contribution < -0.4 is 0 Å². The fourth-order valence-corrected chi connectivity index (χ4v) is 2.21. The van der Waals surface area contributed by atoms with Crippen molar-refractivity contribution in [2.24, 2.45) is 5.92 Å². The third kappa shape index (κ3) is 1.67. The Morgan fingerprint density at radius 1 is 1.60 bits per heavy atom. The zero-order valence-corrected chi connectivity index (χ0v) is 7.40. The van der Waals surface area contributed by atoms with E-state index in [4.69, 9.17) is 0 Å². The summed E-state index contributed by atoms with van der Waals surface area (Å²) in [6, 6.07) is 0. The van der Waals surface area contributed by atoms with Crippen LogP contribution in [0.3, 0.4) is 0 Å². The normalized spacial score (nSPS) is 41.7. The average molecular weight is 160 g/mol. The SMILES string of the molecule is CCC1CCCCC1(O)S. The summed E-state index contributed by atoms with van der Waals surface area (Å²) in [6.45, 7) is 2.12. The van der Waals surface area contributed by atoms with Crippen LogP contribution in [0, 0.1) is 5.92 Å². The third-order valence-electron chi connectivity index (χ3n) is 2.49. The number of thiol groups is 1. The fraction of sp³-hybridized carbons (Fsp3) is 1.00. The molecular weight excluding hydrogens is 144 g/mol.